The van der Waals surface area contributed by atoms with Crippen LogP contribution in [-0.4, -0.2) is 31.5 Å². The molecule has 2 heterocycles. The smallest absolute Gasteiger partial charge is 0.0939 e. The van der Waals surface area contributed by atoms with Crippen LogP contribution < -0.4 is 11.3 Å². The monoisotopic (exact) mass is 282 g/mol. The van der Waals surface area contributed by atoms with Crippen molar-refractivity contribution in [3.05, 3.63) is 0 Å². The Hall–Kier alpha value is -0.160. The van der Waals surface area contributed by atoms with Gasteiger partial charge in [-0.25, -0.2) is 0 Å². The lowest BCUT2D eigenvalue weighted by Crippen LogP contribution is -2.50. The van der Waals surface area contributed by atoms with Gasteiger partial charge < -0.3 is 9.47 Å². The molecule has 1 spiro atoms. The van der Waals surface area contributed by atoms with E-state index in [0.29, 0.717) is 28.7 Å². The van der Waals surface area contributed by atoms with Crippen molar-refractivity contribution in [3.63, 3.8) is 0 Å². The molecule has 2 aliphatic heterocycles. The quantitative estimate of drug-likeness (QED) is 0.615. The van der Waals surface area contributed by atoms with Gasteiger partial charge in [-0.05, 0) is 35.5 Å². The minimum Gasteiger partial charge on any atom is -0.378 e. The lowest BCUT2D eigenvalue weighted by molar-refractivity contribution is -0.105. The van der Waals surface area contributed by atoms with E-state index in [0.717, 1.165) is 39.1 Å². The SMILES string of the molecule is CC1(C)C(C(NN)C2CCOC3(CCOC3)C2)C1(C)C. The Morgan fingerprint density at radius 3 is 2.35 bits per heavy atom. The van der Waals surface area contributed by atoms with E-state index in [-0.39, 0.29) is 5.60 Å². The average molecular weight is 282 g/mol. The molecule has 3 rings (SSSR count). The Bertz CT molecular complexity index is 361. The molecule has 3 fully saturated rings. The molecular formula is C16H30N2O2. The molecule has 2 saturated heterocycles. The van der Waals surface area contributed by atoms with E-state index in [1.165, 1.54) is 0 Å². The predicted molar refractivity (Wildman–Crippen MR) is 79.0 cm³/mol. The second kappa shape index (κ2) is 4.67. The molecule has 0 bridgehead atoms. The second-order valence-electron chi connectivity index (χ2n) is 8.20. The van der Waals surface area contributed by atoms with E-state index in [1.807, 2.05) is 0 Å². The number of ether oxygens (including phenoxy) is 2. The van der Waals surface area contributed by atoms with Gasteiger partial charge >= 0.3 is 0 Å². The summed E-state index contributed by atoms with van der Waals surface area (Å²) in [5.74, 6) is 7.19. The van der Waals surface area contributed by atoms with Gasteiger partial charge in [0.1, 0.15) is 0 Å². The van der Waals surface area contributed by atoms with Gasteiger partial charge in [-0.3, -0.25) is 11.3 Å². The lowest BCUT2D eigenvalue weighted by Gasteiger charge is -2.41. The summed E-state index contributed by atoms with van der Waals surface area (Å²) in [4.78, 5) is 0. The highest BCUT2D eigenvalue weighted by molar-refractivity contribution is 5.17. The first-order valence-electron chi connectivity index (χ1n) is 8.02. The first kappa shape index (κ1) is 14.8. The molecule has 3 unspecified atom stereocenters. The van der Waals surface area contributed by atoms with E-state index < -0.39 is 0 Å². The summed E-state index contributed by atoms with van der Waals surface area (Å²) < 4.78 is 11.6. The second-order valence-corrected chi connectivity index (χ2v) is 8.20. The molecule has 0 amide bonds. The third-order valence-corrected chi connectivity index (χ3v) is 6.79. The third-order valence-electron chi connectivity index (χ3n) is 6.79. The number of hydrogen-bond donors (Lipinski definition) is 2. The first-order chi connectivity index (χ1) is 9.34. The first-order valence-corrected chi connectivity index (χ1v) is 8.02. The largest absolute Gasteiger partial charge is 0.378 e. The molecule has 4 heteroatoms. The Balaban J connectivity index is 1.74. The molecule has 1 aliphatic carbocycles. The van der Waals surface area contributed by atoms with Gasteiger partial charge in [-0.2, -0.15) is 0 Å². The van der Waals surface area contributed by atoms with Crippen LogP contribution in [0.25, 0.3) is 0 Å². The summed E-state index contributed by atoms with van der Waals surface area (Å²) in [6, 6.07) is 0.390. The van der Waals surface area contributed by atoms with E-state index in [9.17, 15) is 0 Å². The maximum absolute atomic E-state index is 6.06. The van der Waals surface area contributed by atoms with Crippen LogP contribution >= 0.6 is 0 Å². The molecule has 0 aromatic rings. The molecule has 3 N–H and O–H groups in total. The molecule has 3 aliphatic rings. The number of hydrazine groups is 1. The minimum atomic E-state index is -0.0266. The fraction of sp³-hybridized carbons (Fsp3) is 1.00. The Kier molecular flexibility index (Phi) is 3.45. The molecule has 116 valence electrons. The van der Waals surface area contributed by atoms with Crippen LogP contribution in [0.1, 0.15) is 47.0 Å². The molecule has 4 nitrogen and oxygen atoms in total. The number of rotatable bonds is 3. The summed E-state index contributed by atoms with van der Waals surface area (Å²) >= 11 is 0. The zero-order valence-corrected chi connectivity index (χ0v) is 13.4. The zero-order chi connectivity index (χ0) is 14.6. The summed E-state index contributed by atoms with van der Waals surface area (Å²) in [6.07, 6.45) is 3.24. The van der Waals surface area contributed by atoms with Crippen LogP contribution in [0.5, 0.6) is 0 Å². The van der Waals surface area contributed by atoms with Crippen molar-refractivity contribution in [1.29, 1.82) is 0 Å². The molecule has 0 aromatic carbocycles. The predicted octanol–water partition coefficient (Wildman–Crippen LogP) is 2.09. The van der Waals surface area contributed by atoms with Crippen LogP contribution in [0, 0.1) is 22.7 Å². The van der Waals surface area contributed by atoms with Crippen LogP contribution in [0.4, 0.5) is 0 Å². The standard InChI is InChI=1S/C16H30N2O2/c1-14(2)13(15(14,3)4)12(18-17)11-5-7-20-16(9-11)6-8-19-10-16/h11-13,18H,5-10,17H2,1-4H3. The van der Waals surface area contributed by atoms with Gasteiger partial charge in [0.2, 0.25) is 0 Å². The number of nitrogens with one attached hydrogen (secondary N) is 1. The van der Waals surface area contributed by atoms with Gasteiger partial charge in [-0.15, -0.1) is 0 Å². The summed E-state index contributed by atoms with van der Waals surface area (Å²) in [6.45, 7) is 11.9. The van der Waals surface area contributed by atoms with Crippen LogP contribution in [-0.2, 0) is 9.47 Å². The molecule has 3 atom stereocenters. The molecule has 1 saturated carbocycles. The highest BCUT2D eigenvalue weighted by Gasteiger charge is 2.68. The summed E-state index contributed by atoms with van der Waals surface area (Å²) in [5.41, 5.74) is 3.85. The minimum absolute atomic E-state index is 0.0266. The van der Waals surface area contributed by atoms with Gasteiger partial charge in [0.05, 0.1) is 12.2 Å². The van der Waals surface area contributed by atoms with Gasteiger partial charge in [-0.1, -0.05) is 27.7 Å². The molecule has 0 aromatic heterocycles. The number of hydrogen-bond acceptors (Lipinski definition) is 4. The molecular weight excluding hydrogens is 252 g/mol. The highest BCUT2D eigenvalue weighted by Crippen LogP contribution is 2.70. The molecule has 20 heavy (non-hydrogen) atoms. The topological polar surface area (TPSA) is 56.5 Å². The lowest BCUT2D eigenvalue weighted by atomic mass is 9.78. The van der Waals surface area contributed by atoms with E-state index in [4.69, 9.17) is 15.3 Å². The van der Waals surface area contributed by atoms with Crippen molar-refractivity contribution in [1.82, 2.24) is 5.43 Å². The maximum Gasteiger partial charge on any atom is 0.0939 e. The van der Waals surface area contributed by atoms with E-state index in [1.54, 1.807) is 0 Å². The normalized spacial score (nSPS) is 41.0. The van der Waals surface area contributed by atoms with Crippen molar-refractivity contribution in [2.45, 2.75) is 58.6 Å². The maximum atomic E-state index is 6.06. The van der Waals surface area contributed by atoms with Crippen molar-refractivity contribution in [3.8, 4) is 0 Å². The van der Waals surface area contributed by atoms with Crippen molar-refractivity contribution in [2.75, 3.05) is 19.8 Å². The van der Waals surface area contributed by atoms with Crippen molar-refractivity contribution in [2.24, 2.45) is 28.5 Å². The van der Waals surface area contributed by atoms with E-state index in [2.05, 4.69) is 33.1 Å². The van der Waals surface area contributed by atoms with Gasteiger partial charge in [0.25, 0.3) is 0 Å². The Morgan fingerprint density at radius 1 is 1.15 bits per heavy atom. The summed E-state index contributed by atoms with van der Waals surface area (Å²) in [5, 5.41) is 0. The van der Waals surface area contributed by atoms with Crippen LogP contribution in [0.15, 0.2) is 0 Å². The van der Waals surface area contributed by atoms with Gasteiger partial charge in [0, 0.05) is 25.7 Å². The number of nitrogens with two attached hydrogens (primary N) is 1. The van der Waals surface area contributed by atoms with Crippen molar-refractivity contribution < 1.29 is 9.47 Å². The van der Waals surface area contributed by atoms with Crippen LogP contribution in [0.2, 0.25) is 0 Å². The third kappa shape index (κ3) is 2.04. The van der Waals surface area contributed by atoms with Crippen molar-refractivity contribution >= 4 is 0 Å². The Morgan fingerprint density at radius 2 is 1.85 bits per heavy atom. The summed E-state index contributed by atoms with van der Waals surface area (Å²) in [7, 11) is 0. The Labute approximate surface area is 122 Å². The van der Waals surface area contributed by atoms with E-state index >= 15 is 0 Å². The molecule has 0 radical (unpaired) electrons. The van der Waals surface area contributed by atoms with Gasteiger partial charge in [0.15, 0.2) is 0 Å². The fourth-order valence-electron chi connectivity index (χ4n) is 4.89. The zero-order valence-electron chi connectivity index (χ0n) is 13.4. The van der Waals surface area contributed by atoms with Crippen LogP contribution in [0.3, 0.4) is 0 Å². The fourth-order valence-corrected chi connectivity index (χ4v) is 4.89. The highest BCUT2D eigenvalue weighted by atomic mass is 16.6. The average Bonchev–Trinajstić information content (AvgIpc) is 2.71.